The Bertz CT molecular complexity index is 744. The van der Waals surface area contributed by atoms with Crippen molar-refractivity contribution < 1.29 is 4.79 Å². The van der Waals surface area contributed by atoms with Gasteiger partial charge in [0.05, 0.1) is 12.0 Å². The molecule has 1 fully saturated rings. The highest BCUT2D eigenvalue weighted by atomic mass is 16.2. The van der Waals surface area contributed by atoms with Crippen molar-refractivity contribution >= 4 is 11.6 Å². The number of carbonyl (C=O) groups is 1. The molecule has 0 spiro atoms. The molecule has 0 radical (unpaired) electrons. The normalized spacial score (nSPS) is 19.2. The molecule has 0 saturated carbocycles. The second kappa shape index (κ2) is 7.92. The maximum absolute atomic E-state index is 13.2. The van der Waals surface area contributed by atoms with Gasteiger partial charge in [-0.15, -0.1) is 0 Å². The van der Waals surface area contributed by atoms with Crippen LogP contribution in [-0.4, -0.2) is 31.4 Å². The van der Waals surface area contributed by atoms with Crippen molar-refractivity contribution in [2.45, 2.75) is 31.8 Å². The fraction of sp³-hybridized carbons (Fsp3) is 0.409. The van der Waals surface area contributed by atoms with Gasteiger partial charge in [0.15, 0.2) is 0 Å². The number of amides is 1. The molecule has 1 heterocycles. The van der Waals surface area contributed by atoms with Crippen LogP contribution in [0, 0.1) is 5.92 Å². The lowest BCUT2D eigenvalue weighted by Crippen LogP contribution is -2.39. The molecule has 138 valence electrons. The molecule has 4 nitrogen and oxygen atoms in total. The number of benzene rings is 2. The van der Waals surface area contributed by atoms with E-state index in [1.54, 1.807) is 0 Å². The molecule has 26 heavy (non-hydrogen) atoms. The van der Waals surface area contributed by atoms with Crippen LogP contribution in [0.3, 0.4) is 0 Å². The van der Waals surface area contributed by atoms with Crippen LogP contribution in [0.25, 0.3) is 0 Å². The molecular formula is C22H29N3O. The van der Waals surface area contributed by atoms with Crippen LogP contribution in [0.4, 0.5) is 5.69 Å². The Labute approximate surface area is 156 Å². The number of carbonyl (C=O) groups excluding carboxylic acids is 1. The fourth-order valence-corrected chi connectivity index (χ4v) is 3.77. The summed E-state index contributed by atoms with van der Waals surface area (Å²) >= 11 is 0. The Morgan fingerprint density at radius 1 is 1.15 bits per heavy atom. The van der Waals surface area contributed by atoms with E-state index in [4.69, 9.17) is 5.73 Å². The summed E-state index contributed by atoms with van der Waals surface area (Å²) in [5.74, 6) is -0.0888. The Kier molecular flexibility index (Phi) is 5.62. The van der Waals surface area contributed by atoms with E-state index in [1.165, 1.54) is 5.56 Å². The molecule has 4 heteroatoms. The predicted molar refractivity (Wildman–Crippen MR) is 107 cm³/mol. The van der Waals surface area contributed by atoms with Crippen LogP contribution in [0.5, 0.6) is 0 Å². The van der Waals surface area contributed by atoms with Crippen molar-refractivity contribution in [3.8, 4) is 0 Å². The maximum Gasteiger partial charge on any atom is 0.227 e. The van der Waals surface area contributed by atoms with Crippen molar-refractivity contribution in [3.63, 3.8) is 0 Å². The van der Waals surface area contributed by atoms with Crippen LogP contribution in [0.1, 0.15) is 43.0 Å². The SMILES string of the molecule is CC(C(=O)N1CCCC1c1cccc(N(C)C)c1)C(N)c1ccccc1. The maximum atomic E-state index is 13.2. The zero-order valence-corrected chi connectivity index (χ0v) is 15.9. The zero-order valence-electron chi connectivity index (χ0n) is 15.9. The number of nitrogens with two attached hydrogens (primary N) is 1. The standard InChI is InChI=1S/C22H29N3O/c1-16(21(23)17-9-5-4-6-10-17)22(26)25-14-8-13-20(25)18-11-7-12-19(15-18)24(2)3/h4-7,9-12,15-16,20-21H,8,13-14,23H2,1-3H3. The topological polar surface area (TPSA) is 49.6 Å². The second-order valence-corrected chi connectivity index (χ2v) is 7.40. The Morgan fingerprint density at radius 3 is 2.58 bits per heavy atom. The molecule has 0 aliphatic carbocycles. The Hall–Kier alpha value is -2.33. The minimum absolute atomic E-state index is 0.146. The highest BCUT2D eigenvalue weighted by Crippen LogP contribution is 2.35. The van der Waals surface area contributed by atoms with Gasteiger partial charge in [-0.25, -0.2) is 0 Å². The molecule has 3 rings (SSSR count). The molecule has 1 aliphatic heterocycles. The van der Waals surface area contributed by atoms with E-state index in [2.05, 4.69) is 29.2 Å². The van der Waals surface area contributed by atoms with E-state index in [1.807, 2.05) is 56.3 Å². The lowest BCUT2D eigenvalue weighted by atomic mass is 9.93. The number of hydrogen-bond donors (Lipinski definition) is 1. The molecule has 2 aromatic rings. The first-order chi connectivity index (χ1) is 12.5. The van der Waals surface area contributed by atoms with E-state index < -0.39 is 0 Å². The third-order valence-electron chi connectivity index (χ3n) is 5.42. The number of hydrogen-bond acceptors (Lipinski definition) is 3. The molecule has 3 unspecified atom stereocenters. The van der Waals surface area contributed by atoms with Gasteiger partial charge in [-0.05, 0) is 36.1 Å². The quantitative estimate of drug-likeness (QED) is 0.892. The lowest BCUT2D eigenvalue weighted by Gasteiger charge is -2.30. The second-order valence-electron chi connectivity index (χ2n) is 7.40. The summed E-state index contributed by atoms with van der Waals surface area (Å²) in [6.45, 7) is 2.76. The van der Waals surface area contributed by atoms with Crippen molar-refractivity contribution in [3.05, 3.63) is 65.7 Å². The van der Waals surface area contributed by atoms with E-state index in [0.717, 1.165) is 30.6 Å². The zero-order chi connectivity index (χ0) is 18.7. The summed E-state index contributed by atoms with van der Waals surface area (Å²) in [5, 5.41) is 0. The predicted octanol–water partition coefficient (Wildman–Crippen LogP) is 3.75. The summed E-state index contributed by atoms with van der Waals surface area (Å²) in [6.07, 6.45) is 2.05. The Balaban J connectivity index is 1.79. The van der Waals surface area contributed by atoms with Gasteiger partial charge in [-0.1, -0.05) is 49.4 Å². The van der Waals surface area contributed by atoms with Gasteiger partial charge < -0.3 is 15.5 Å². The monoisotopic (exact) mass is 351 g/mol. The number of nitrogens with zero attached hydrogens (tertiary/aromatic N) is 2. The first kappa shape index (κ1) is 18.5. The van der Waals surface area contributed by atoms with Gasteiger partial charge >= 0.3 is 0 Å². The van der Waals surface area contributed by atoms with E-state index in [-0.39, 0.29) is 23.9 Å². The van der Waals surface area contributed by atoms with Gasteiger partial charge in [-0.3, -0.25) is 4.79 Å². The van der Waals surface area contributed by atoms with Crippen LogP contribution in [0.2, 0.25) is 0 Å². The molecule has 1 amide bonds. The van der Waals surface area contributed by atoms with Crippen molar-refractivity contribution in [2.24, 2.45) is 11.7 Å². The average Bonchev–Trinajstić information content (AvgIpc) is 3.16. The largest absolute Gasteiger partial charge is 0.378 e. The van der Waals surface area contributed by atoms with E-state index in [9.17, 15) is 4.79 Å². The Morgan fingerprint density at radius 2 is 1.88 bits per heavy atom. The minimum Gasteiger partial charge on any atom is -0.378 e. The van der Waals surface area contributed by atoms with Crippen LogP contribution >= 0.6 is 0 Å². The summed E-state index contributed by atoms with van der Waals surface area (Å²) in [6, 6.07) is 18.3. The first-order valence-electron chi connectivity index (χ1n) is 9.37. The van der Waals surface area contributed by atoms with Gasteiger partial charge in [-0.2, -0.15) is 0 Å². The summed E-state index contributed by atoms with van der Waals surface area (Å²) in [7, 11) is 4.08. The van der Waals surface area contributed by atoms with Gasteiger partial charge in [0, 0.05) is 32.4 Å². The molecular weight excluding hydrogens is 322 g/mol. The molecule has 1 aliphatic rings. The molecule has 2 aromatic carbocycles. The van der Waals surface area contributed by atoms with Crippen molar-refractivity contribution in [1.29, 1.82) is 0 Å². The fourth-order valence-electron chi connectivity index (χ4n) is 3.77. The highest BCUT2D eigenvalue weighted by molar-refractivity contribution is 5.80. The average molecular weight is 351 g/mol. The number of anilines is 1. The molecule has 1 saturated heterocycles. The molecule has 3 atom stereocenters. The van der Waals surface area contributed by atoms with Gasteiger partial charge in [0.1, 0.15) is 0 Å². The first-order valence-corrected chi connectivity index (χ1v) is 9.37. The third kappa shape index (κ3) is 3.75. The summed E-state index contributed by atoms with van der Waals surface area (Å²) in [5.41, 5.74) is 9.79. The lowest BCUT2D eigenvalue weighted by molar-refractivity contribution is -0.136. The minimum atomic E-state index is -0.280. The molecule has 0 aromatic heterocycles. The number of rotatable bonds is 5. The highest BCUT2D eigenvalue weighted by Gasteiger charge is 2.34. The van der Waals surface area contributed by atoms with Crippen LogP contribution < -0.4 is 10.6 Å². The summed E-state index contributed by atoms with van der Waals surface area (Å²) in [4.78, 5) is 17.3. The number of likely N-dealkylation sites (tertiary alicyclic amines) is 1. The summed E-state index contributed by atoms with van der Waals surface area (Å²) < 4.78 is 0. The van der Waals surface area contributed by atoms with Gasteiger partial charge in [0.2, 0.25) is 5.91 Å². The van der Waals surface area contributed by atoms with Crippen LogP contribution in [0.15, 0.2) is 54.6 Å². The van der Waals surface area contributed by atoms with E-state index in [0.29, 0.717) is 0 Å². The molecule has 0 bridgehead atoms. The van der Waals surface area contributed by atoms with Crippen molar-refractivity contribution in [2.75, 3.05) is 25.5 Å². The van der Waals surface area contributed by atoms with Gasteiger partial charge in [0.25, 0.3) is 0 Å². The molecule has 2 N–H and O–H groups in total. The smallest absolute Gasteiger partial charge is 0.227 e. The van der Waals surface area contributed by atoms with Crippen LogP contribution in [-0.2, 0) is 4.79 Å². The van der Waals surface area contributed by atoms with Crippen molar-refractivity contribution in [1.82, 2.24) is 4.90 Å². The van der Waals surface area contributed by atoms with E-state index >= 15 is 0 Å². The third-order valence-corrected chi connectivity index (χ3v) is 5.42.